The summed E-state index contributed by atoms with van der Waals surface area (Å²) in [5.41, 5.74) is 1.27. The van der Waals surface area contributed by atoms with Crippen LogP contribution >= 0.6 is 0 Å². The number of halogens is 1. The summed E-state index contributed by atoms with van der Waals surface area (Å²) in [4.78, 5) is 16.5. The lowest BCUT2D eigenvalue weighted by molar-refractivity contribution is 0.102. The van der Waals surface area contributed by atoms with Gasteiger partial charge >= 0.3 is 0 Å². The molecule has 0 fully saturated rings. The number of benzene rings is 2. The molecular formula is C16H11FN2O. The van der Waals surface area contributed by atoms with Crippen molar-refractivity contribution in [2.75, 3.05) is 0 Å². The van der Waals surface area contributed by atoms with Gasteiger partial charge in [0.15, 0.2) is 5.82 Å². The SMILES string of the molecule is O=C(c1ccc(F)cc1)c1nccn1-c1ccccc1. The Morgan fingerprint density at radius 2 is 1.70 bits per heavy atom. The van der Waals surface area contributed by atoms with Crippen molar-refractivity contribution in [3.8, 4) is 5.69 Å². The molecule has 0 spiro atoms. The molecule has 4 heteroatoms. The molecular weight excluding hydrogens is 255 g/mol. The van der Waals surface area contributed by atoms with E-state index in [4.69, 9.17) is 0 Å². The van der Waals surface area contributed by atoms with Gasteiger partial charge in [0.1, 0.15) is 5.82 Å². The van der Waals surface area contributed by atoms with Crippen molar-refractivity contribution in [3.05, 3.63) is 84.2 Å². The minimum Gasteiger partial charge on any atom is -0.297 e. The van der Waals surface area contributed by atoms with Crippen molar-refractivity contribution in [3.63, 3.8) is 0 Å². The van der Waals surface area contributed by atoms with Crippen LogP contribution in [0.5, 0.6) is 0 Å². The van der Waals surface area contributed by atoms with Gasteiger partial charge in [-0.15, -0.1) is 0 Å². The van der Waals surface area contributed by atoms with Crippen molar-refractivity contribution in [1.82, 2.24) is 9.55 Å². The summed E-state index contributed by atoms with van der Waals surface area (Å²) in [6, 6.07) is 14.9. The molecule has 3 aromatic rings. The maximum absolute atomic E-state index is 12.9. The summed E-state index contributed by atoms with van der Waals surface area (Å²) >= 11 is 0. The smallest absolute Gasteiger partial charge is 0.228 e. The first-order chi connectivity index (χ1) is 9.75. The third-order valence-corrected chi connectivity index (χ3v) is 2.98. The highest BCUT2D eigenvalue weighted by Crippen LogP contribution is 2.14. The quantitative estimate of drug-likeness (QED) is 0.682. The number of hydrogen-bond acceptors (Lipinski definition) is 2. The number of imidazole rings is 1. The minimum absolute atomic E-state index is 0.237. The molecule has 0 radical (unpaired) electrons. The van der Waals surface area contributed by atoms with Gasteiger partial charge in [-0.1, -0.05) is 18.2 Å². The normalized spacial score (nSPS) is 10.4. The zero-order valence-corrected chi connectivity index (χ0v) is 10.5. The first-order valence-corrected chi connectivity index (χ1v) is 6.15. The van der Waals surface area contributed by atoms with Crippen LogP contribution in [-0.2, 0) is 0 Å². The standard InChI is InChI=1S/C16H11FN2O/c17-13-8-6-12(7-9-13)15(20)16-18-10-11-19(16)14-4-2-1-3-5-14/h1-11H. The van der Waals surface area contributed by atoms with Gasteiger partial charge in [-0.2, -0.15) is 0 Å². The number of rotatable bonds is 3. The Hall–Kier alpha value is -2.75. The van der Waals surface area contributed by atoms with Crippen LogP contribution in [0, 0.1) is 5.82 Å². The lowest BCUT2D eigenvalue weighted by Crippen LogP contribution is -2.10. The van der Waals surface area contributed by atoms with Crippen LogP contribution in [0.25, 0.3) is 5.69 Å². The Balaban J connectivity index is 2.02. The number of ketones is 1. The van der Waals surface area contributed by atoms with E-state index < -0.39 is 0 Å². The predicted octanol–water partition coefficient (Wildman–Crippen LogP) is 3.24. The third-order valence-electron chi connectivity index (χ3n) is 2.98. The van der Waals surface area contributed by atoms with Gasteiger partial charge < -0.3 is 0 Å². The molecule has 2 aromatic carbocycles. The van der Waals surface area contributed by atoms with Crippen LogP contribution in [0.3, 0.4) is 0 Å². The van der Waals surface area contributed by atoms with Crippen LogP contribution in [-0.4, -0.2) is 15.3 Å². The van der Waals surface area contributed by atoms with E-state index in [1.54, 1.807) is 17.0 Å². The third kappa shape index (κ3) is 2.23. The van der Waals surface area contributed by atoms with Crippen LogP contribution in [0.2, 0.25) is 0 Å². The Labute approximate surface area is 115 Å². The number of para-hydroxylation sites is 1. The van der Waals surface area contributed by atoms with E-state index in [0.29, 0.717) is 11.4 Å². The van der Waals surface area contributed by atoms with Gasteiger partial charge in [-0.05, 0) is 36.4 Å². The summed E-state index contributed by atoms with van der Waals surface area (Å²) in [5, 5.41) is 0. The minimum atomic E-state index is -0.368. The molecule has 0 amide bonds. The van der Waals surface area contributed by atoms with Crippen LogP contribution < -0.4 is 0 Å². The lowest BCUT2D eigenvalue weighted by Gasteiger charge is -2.06. The van der Waals surface area contributed by atoms with E-state index in [0.717, 1.165) is 5.69 Å². The predicted molar refractivity (Wildman–Crippen MR) is 73.4 cm³/mol. The zero-order chi connectivity index (χ0) is 13.9. The molecule has 0 bridgehead atoms. The van der Waals surface area contributed by atoms with E-state index in [9.17, 15) is 9.18 Å². The average Bonchev–Trinajstić information content (AvgIpc) is 2.97. The van der Waals surface area contributed by atoms with Gasteiger partial charge in [0.2, 0.25) is 5.78 Å². The summed E-state index contributed by atoms with van der Waals surface area (Å²) < 4.78 is 14.6. The molecule has 0 unspecified atom stereocenters. The molecule has 0 aliphatic heterocycles. The van der Waals surface area contributed by atoms with Crippen LogP contribution in [0.1, 0.15) is 16.2 Å². The molecule has 0 saturated carbocycles. The van der Waals surface area contributed by atoms with Gasteiger partial charge in [0, 0.05) is 23.6 Å². The van der Waals surface area contributed by atoms with E-state index in [1.807, 2.05) is 30.3 Å². The molecule has 0 atom stereocenters. The molecule has 98 valence electrons. The van der Waals surface area contributed by atoms with E-state index in [2.05, 4.69) is 4.98 Å². The molecule has 0 aliphatic carbocycles. The second-order valence-electron chi connectivity index (χ2n) is 4.29. The van der Waals surface area contributed by atoms with Gasteiger partial charge in [-0.3, -0.25) is 9.36 Å². The first-order valence-electron chi connectivity index (χ1n) is 6.15. The Morgan fingerprint density at radius 3 is 2.40 bits per heavy atom. The maximum atomic E-state index is 12.9. The first kappa shape index (κ1) is 12.3. The summed E-state index contributed by atoms with van der Waals surface area (Å²) in [5.74, 6) is -0.297. The van der Waals surface area contributed by atoms with Crippen molar-refractivity contribution in [1.29, 1.82) is 0 Å². The molecule has 1 heterocycles. The summed E-state index contributed by atoms with van der Waals surface area (Å²) in [7, 11) is 0. The highest BCUT2D eigenvalue weighted by atomic mass is 19.1. The Bertz CT molecular complexity index is 733. The number of carbonyl (C=O) groups excluding carboxylic acids is 1. The van der Waals surface area contributed by atoms with E-state index >= 15 is 0 Å². The van der Waals surface area contributed by atoms with Crippen molar-refractivity contribution in [2.45, 2.75) is 0 Å². The van der Waals surface area contributed by atoms with Crippen molar-refractivity contribution >= 4 is 5.78 Å². The van der Waals surface area contributed by atoms with Crippen molar-refractivity contribution in [2.24, 2.45) is 0 Å². The van der Waals surface area contributed by atoms with E-state index in [1.165, 1.54) is 24.3 Å². The van der Waals surface area contributed by atoms with Gasteiger partial charge in [-0.25, -0.2) is 9.37 Å². The molecule has 3 nitrogen and oxygen atoms in total. The van der Waals surface area contributed by atoms with Crippen molar-refractivity contribution < 1.29 is 9.18 Å². The van der Waals surface area contributed by atoms with E-state index in [-0.39, 0.29) is 11.6 Å². The number of hydrogen-bond donors (Lipinski definition) is 0. The second kappa shape index (κ2) is 5.09. The topological polar surface area (TPSA) is 34.9 Å². The molecule has 3 rings (SSSR count). The lowest BCUT2D eigenvalue weighted by atomic mass is 10.1. The fourth-order valence-corrected chi connectivity index (χ4v) is 2.00. The molecule has 1 aromatic heterocycles. The number of carbonyl (C=O) groups is 1. The largest absolute Gasteiger partial charge is 0.297 e. The van der Waals surface area contributed by atoms with Crippen LogP contribution in [0.15, 0.2) is 67.0 Å². The highest BCUT2D eigenvalue weighted by molar-refractivity contribution is 6.07. The molecule has 0 N–H and O–H groups in total. The zero-order valence-electron chi connectivity index (χ0n) is 10.5. The van der Waals surface area contributed by atoms with Gasteiger partial charge in [0.05, 0.1) is 0 Å². The Kier molecular flexibility index (Phi) is 3.13. The highest BCUT2D eigenvalue weighted by Gasteiger charge is 2.15. The maximum Gasteiger partial charge on any atom is 0.228 e. The fraction of sp³-hybridized carbons (Fsp3) is 0. The summed E-state index contributed by atoms with van der Waals surface area (Å²) in [6.07, 6.45) is 3.30. The molecule has 0 aliphatic rings. The monoisotopic (exact) mass is 266 g/mol. The summed E-state index contributed by atoms with van der Waals surface area (Å²) in [6.45, 7) is 0. The van der Waals surface area contributed by atoms with Crippen LogP contribution in [0.4, 0.5) is 4.39 Å². The number of aromatic nitrogens is 2. The average molecular weight is 266 g/mol. The van der Waals surface area contributed by atoms with Gasteiger partial charge in [0.25, 0.3) is 0 Å². The molecule has 0 saturated heterocycles. The second-order valence-corrected chi connectivity index (χ2v) is 4.29. The molecule has 20 heavy (non-hydrogen) atoms. The Morgan fingerprint density at radius 1 is 1.00 bits per heavy atom. The fourth-order valence-electron chi connectivity index (χ4n) is 2.00. The number of nitrogens with zero attached hydrogens (tertiary/aromatic N) is 2.